The van der Waals surface area contributed by atoms with E-state index in [0.29, 0.717) is 22.3 Å². The first kappa shape index (κ1) is 14.9. The number of piperidine rings is 1. The first-order valence-electron chi connectivity index (χ1n) is 6.34. The Bertz CT molecular complexity index is 467. The van der Waals surface area contributed by atoms with Gasteiger partial charge in [-0.1, -0.05) is 34.2 Å². The van der Waals surface area contributed by atoms with E-state index in [1.54, 1.807) is 25.3 Å². The Morgan fingerprint density at radius 3 is 3.05 bits per heavy atom. The molecule has 0 bridgehead atoms. The molecule has 1 aromatic carbocycles. The monoisotopic (exact) mass is 393 g/mol. The maximum absolute atomic E-state index is 12.6. The fourth-order valence-corrected chi connectivity index (χ4v) is 3.28. The van der Waals surface area contributed by atoms with Gasteiger partial charge in [0.05, 0.1) is 12.7 Å². The van der Waals surface area contributed by atoms with E-state index >= 15 is 0 Å². The van der Waals surface area contributed by atoms with E-state index in [-0.39, 0.29) is 5.91 Å². The minimum absolute atomic E-state index is 0.0221. The molecule has 0 N–H and O–H groups in total. The smallest absolute Gasteiger partial charge is 0.257 e. The van der Waals surface area contributed by atoms with Crippen LogP contribution in [0, 0.1) is 5.92 Å². The van der Waals surface area contributed by atoms with Gasteiger partial charge < -0.3 is 9.64 Å². The van der Waals surface area contributed by atoms with Crippen molar-refractivity contribution in [2.75, 3.05) is 24.6 Å². The van der Waals surface area contributed by atoms with Crippen LogP contribution in [0.3, 0.4) is 0 Å². The zero-order valence-corrected chi connectivity index (χ0v) is 13.8. The van der Waals surface area contributed by atoms with Crippen LogP contribution in [0.1, 0.15) is 23.2 Å². The summed E-state index contributed by atoms with van der Waals surface area (Å²) in [5.41, 5.74) is 0.559. The molecule has 19 heavy (non-hydrogen) atoms. The molecule has 2 rings (SSSR count). The highest BCUT2D eigenvalue weighted by atomic mass is 127. The lowest BCUT2D eigenvalue weighted by Gasteiger charge is -2.32. The summed E-state index contributed by atoms with van der Waals surface area (Å²) in [6.07, 6.45) is 2.28. The molecule has 0 aliphatic carbocycles. The van der Waals surface area contributed by atoms with Crippen LogP contribution in [-0.4, -0.2) is 35.4 Å². The lowest BCUT2D eigenvalue weighted by atomic mass is 9.99. The molecule has 0 radical (unpaired) electrons. The van der Waals surface area contributed by atoms with Crippen molar-refractivity contribution >= 4 is 40.1 Å². The van der Waals surface area contributed by atoms with Crippen molar-refractivity contribution in [3.63, 3.8) is 0 Å². The minimum atomic E-state index is 0.0221. The number of carbonyl (C=O) groups excluding carboxylic acids is 1. The summed E-state index contributed by atoms with van der Waals surface area (Å²) < 4.78 is 6.35. The van der Waals surface area contributed by atoms with Gasteiger partial charge in [-0.3, -0.25) is 4.79 Å². The average molecular weight is 394 g/mol. The summed E-state index contributed by atoms with van der Waals surface area (Å²) in [6.45, 7) is 1.65. The lowest BCUT2D eigenvalue weighted by Crippen LogP contribution is -2.40. The second kappa shape index (κ2) is 6.79. The fourth-order valence-electron chi connectivity index (χ4n) is 2.39. The maximum atomic E-state index is 12.6. The van der Waals surface area contributed by atoms with Crippen LogP contribution in [0.5, 0.6) is 5.75 Å². The Morgan fingerprint density at radius 2 is 2.37 bits per heavy atom. The van der Waals surface area contributed by atoms with Crippen molar-refractivity contribution in [3.05, 3.63) is 28.8 Å². The average Bonchev–Trinajstić information content (AvgIpc) is 2.46. The van der Waals surface area contributed by atoms with Gasteiger partial charge >= 0.3 is 0 Å². The molecular formula is C14H17ClINO2. The van der Waals surface area contributed by atoms with E-state index in [9.17, 15) is 4.79 Å². The van der Waals surface area contributed by atoms with E-state index in [1.807, 2.05) is 4.90 Å². The Labute approximate surface area is 132 Å². The van der Waals surface area contributed by atoms with E-state index in [4.69, 9.17) is 16.3 Å². The van der Waals surface area contributed by atoms with Crippen LogP contribution >= 0.6 is 34.2 Å². The molecule has 0 spiro atoms. The van der Waals surface area contributed by atoms with Gasteiger partial charge in [0.1, 0.15) is 5.75 Å². The van der Waals surface area contributed by atoms with Gasteiger partial charge in [-0.25, -0.2) is 0 Å². The van der Waals surface area contributed by atoms with E-state index in [1.165, 1.54) is 6.42 Å². The van der Waals surface area contributed by atoms with Crippen LogP contribution in [0.15, 0.2) is 18.2 Å². The number of hydrogen-bond acceptors (Lipinski definition) is 2. The summed E-state index contributed by atoms with van der Waals surface area (Å²) in [4.78, 5) is 14.5. The standard InChI is InChI=1S/C14H17ClINO2/c1-19-13-5-4-11(15)7-12(13)14(18)17-6-2-3-10(8-16)9-17/h4-5,7,10H,2-3,6,8-9H2,1H3/t10-/m1/s1. The van der Waals surface area contributed by atoms with Gasteiger partial charge in [-0.15, -0.1) is 0 Å². The molecule has 1 aliphatic rings. The summed E-state index contributed by atoms with van der Waals surface area (Å²) in [5, 5.41) is 0.562. The third-order valence-corrected chi connectivity index (χ3v) is 4.90. The van der Waals surface area contributed by atoms with Gasteiger partial charge in [0.25, 0.3) is 5.91 Å². The molecule has 5 heteroatoms. The first-order chi connectivity index (χ1) is 9.15. The third-order valence-electron chi connectivity index (χ3n) is 3.42. The number of amides is 1. The highest BCUT2D eigenvalue weighted by Gasteiger charge is 2.25. The number of rotatable bonds is 3. The zero-order chi connectivity index (χ0) is 13.8. The molecule has 104 valence electrons. The van der Waals surface area contributed by atoms with E-state index in [0.717, 1.165) is 23.9 Å². The molecule has 1 heterocycles. The summed E-state index contributed by atoms with van der Waals surface area (Å²) in [6, 6.07) is 5.17. The van der Waals surface area contributed by atoms with E-state index in [2.05, 4.69) is 22.6 Å². The molecule has 0 saturated carbocycles. The molecule has 1 amide bonds. The molecule has 1 aliphatic heterocycles. The van der Waals surface area contributed by atoms with Crippen molar-refractivity contribution in [3.8, 4) is 5.75 Å². The number of alkyl halides is 1. The van der Waals surface area contributed by atoms with Gasteiger partial charge in [-0.05, 0) is 37.0 Å². The molecule has 1 aromatic rings. The predicted molar refractivity (Wildman–Crippen MR) is 85.5 cm³/mol. The third kappa shape index (κ3) is 3.54. The van der Waals surface area contributed by atoms with Crippen LogP contribution in [0.2, 0.25) is 5.02 Å². The summed E-state index contributed by atoms with van der Waals surface area (Å²) in [5.74, 6) is 1.21. The molecule has 0 aromatic heterocycles. The van der Waals surface area contributed by atoms with Crippen LogP contribution < -0.4 is 4.74 Å². The highest BCUT2D eigenvalue weighted by Crippen LogP contribution is 2.26. The van der Waals surface area contributed by atoms with Gasteiger partial charge in [-0.2, -0.15) is 0 Å². The van der Waals surface area contributed by atoms with Crippen molar-refractivity contribution in [1.29, 1.82) is 0 Å². The maximum Gasteiger partial charge on any atom is 0.257 e. The Balaban J connectivity index is 2.21. The number of hydrogen-bond donors (Lipinski definition) is 0. The van der Waals surface area contributed by atoms with Crippen molar-refractivity contribution in [1.82, 2.24) is 4.90 Å². The van der Waals surface area contributed by atoms with Crippen LogP contribution in [0.4, 0.5) is 0 Å². The number of ether oxygens (including phenoxy) is 1. The van der Waals surface area contributed by atoms with Crippen LogP contribution in [0.25, 0.3) is 0 Å². The number of carbonyl (C=O) groups is 1. The second-order valence-corrected chi connectivity index (χ2v) is 6.08. The number of likely N-dealkylation sites (tertiary alicyclic amines) is 1. The summed E-state index contributed by atoms with van der Waals surface area (Å²) >= 11 is 8.38. The first-order valence-corrected chi connectivity index (χ1v) is 8.25. The Kier molecular flexibility index (Phi) is 5.33. The molecule has 0 unspecified atom stereocenters. The highest BCUT2D eigenvalue weighted by molar-refractivity contribution is 14.1. The van der Waals surface area contributed by atoms with Crippen LogP contribution in [-0.2, 0) is 0 Å². The van der Waals surface area contributed by atoms with Gasteiger partial charge in [0.2, 0.25) is 0 Å². The van der Waals surface area contributed by atoms with E-state index < -0.39 is 0 Å². The lowest BCUT2D eigenvalue weighted by molar-refractivity contribution is 0.0683. The minimum Gasteiger partial charge on any atom is -0.496 e. The van der Waals surface area contributed by atoms with Gasteiger partial charge in [0.15, 0.2) is 0 Å². The van der Waals surface area contributed by atoms with Gasteiger partial charge in [0, 0.05) is 22.5 Å². The molecule has 1 atom stereocenters. The van der Waals surface area contributed by atoms with Crippen molar-refractivity contribution in [2.45, 2.75) is 12.8 Å². The SMILES string of the molecule is COc1ccc(Cl)cc1C(=O)N1CCC[C@H](CI)C1. The number of nitrogens with zero attached hydrogens (tertiary/aromatic N) is 1. The second-order valence-electron chi connectivity index (χ2n) is 4.76. The summed E-state index contributed by atoms with van der Waals surface area (Å²) in [7, 11) is 1.57. The topological polar surface area (TPSA) is 29.5 Å². The fraction of sp³-hybridized carbons (Fsp3) is 0.500. The molecule has 1 saturated heterocycles. The molecular weight excluding hydrogens is 377 g/mol. The normalized spacial score (nSPS) is 19.3. The Hall–Kier alpha value is -0.490. The Morgan fingerprint density at radius 1 is 1.58 bits per heavy atom. The largest absolute Gasteiger partial charge is 0.496 e. The molecule has 1 fully saturated rings. The number of methoxy groups -OCH3 is 1. The quantitative estimate of drug-likeness (QED) is 0.580. The number of halogens is 2. The zero-order valence-electron chi connectivity index (χ0n) is 10.9. The number of benzene rings is 1. The van der Waals surface area contributed by atoms with Crippen molar-refractivity contribution < 1.29 is 9.53 Å². The van der Waals surface area contributed by atoms with Crippen molar-refractivity contribution in [2.24, 2.45) is 5.92 Å². The molecule has 3 nitrogen and oxygen atoms in total. The predicted octanol–water partition coefficient (Wildman–Crippen LogP) is 3.64.